The van der Waals surface area contributed by atoms with Crippen molar-refractivity contribution in [1.29, 1.82) is 0 Å². The van der Waals surface area contributed by atoms with Crippen LogP contribution in [-0.4, -0.2) is 59.5 Å². The second-order valence-corrected chi connectivity index (χ2v) is 7.69. The van der Waals surface area contributed by atoms with Gasteiger partial charge in [0.15, 0.2) is 5.58 Å². The Labute approximate surface area is 175 Å². The first-order valence-electron chi connectivity index (χ1n) is 10.5. The van der Waals surface area contributed by atoms with Crippen molar-refractivity contribution in [2.45, 2.75) is 19.5 Å². The Morgan fingerprint density at radius 3 is 2.40 bits per heavy atom. The van der Waals surface area contributed by atoms with E-state index >= 15 is 0 Å². The number of piperazine rings is 1. The summed E-state index contributed by atoms with van der Waals surface area (Å²) in [6.07, 6.45) is 0.258. The van der Waals surface area contributed by atoms with Crippen LogP contribution in [0.4, 0.5) is 0 Å². The Hall–Kier alpha value is -2.90. The smallest absolute Gasteiger partial charge is 0.408 e. The molecule has 2 heterocycles. The minimum Gasteiger partial charge on any atom is -0.408 e. The molecule has 1 aromatic heterocycles. The monoisotopic (exact) mass is 408 g/mol. The molecule has 1 aliphatic rings. The number of aromatic nitrogens is 1. The molecule has 3 aromatic rings. The van der Waals surface area contributed by atoms with E-state index in [1.807, 2.05) is 24.3 Å². The highest BCUT2D eigenvalue weighted by Gasteiger charge is 2.17. The summed E-state index contributed by atoms with van der Waals surface area (Å²) in [5.41, 5.74) is 2.63. The van der Waals surface area contributed by atoms with E-state index in [4.69, 9.17) is 4.42 Å². The summed E-state index contributed by atoms with van der Waals surface area (Å²) in [6, 6.07) is 17.8. The zero-order valence-corrected chi connectivity index (χ0v) is 17.1. The molecular weight excluding hydrogens is 380 g/mol. The zero-order valence-electron chi connectivity index (χ0n) is 17.1. The summed E-state index contributed by atoms with van der Waals surface area (Å²) in [4.78, 5) is 29.0. The van der Waals surface area contributed by atoms with Crippen LogP contribution in [0.2, 0.25) is 0 Å². The fourth-order valence-electron chi connectivity index (χ4n) is 3.89. The van der Waals surface area contributed by atoms with Crippen molar-refractivity contribution >= 4 is 17.0 Å². The average Bonchev–Trinajstić information content (AvgIpc) is 3.09. The van der Waals surface area contributed by atoms with Crippen LogP contribution >= 0.6 is 0 Å². The van der Waals surface area contributed by atoms with Crippen molar-refractivity contribution in [1.82, 2.24) is 19.7 Å². The summed E-state index contributed by atoms with van der Waals surface area (Å²) in [6.45, 7) is 6.89. The molecule has 1 fully saturated rings. The van der Waals surface area contributed by atoms with Crippen molar-refractivity contribution in [3.8, 4) is 0 Å². The SMILES string of the molecule is O=C(CCn1c(=O)oc2ccccc21)NCCN1CCN(Cc2ccccc2)CC1. The van der Waals surface area contributed by atoms with Gasteiger partial charge in [0.2, 0.25) is 5.91 Å². The van der Waals surface area contributed by atoms with Gasteiger partial charge in [-0.1, -0.05) is 42.5 Å². The van der Waals surface area contributed by atoms with Crippen molar-refractivity contribution in [2.75, 3.05) is 39.3 Å². The molecule has 0 aliphatic carbocycles. The van der Waals surface area contributed by atoms with Gasteiger partial charge in [-0.2, -0.15) is 0 Å². The number of benzene rings is 2. The van der Waals surface area contributed by atoms with Crippen LogP contribution in [0.3, 0.4) is 0 Å². The van der Waals surface area contributed by atoms with Crippen molar-refractivity contribution in [3.05, 3.63) is 70.7 Å². The van der Waals surface area contributed by atoms with Gasteiger partial charge < -0.3 is 9.73 Å². The van der Waals surface area contributed by atoms with E-state index in [2.05, 4.69) is 39.4 Å². The maximum atomic E-state index is 12.2. The molecule has 1 saturated heterocycles. The van der Waals surface area contributed by atoms with Crippen LogP contribution in [-0.2, 0) is 17.9 Å². The van der Waals surface area contributed by atoms with Gasteiger partial charge in [-0.25, -0.2) is 4.79 Å². The standard InChI is InChI=1S/C23H28N4O3/c28-22(10-12-27-20-8-4-5-9-21(20)30-23(27)29)24-11-13-25-14-16-26(17-15-25)18-19-6-2-1-3-7-19/h1-9H,10-18H2,(H,24,28). The highest BCUT2D eigenvalue weighted by Crippen LogP contribution is 2.12. The number of hydrogen-bond acceptors (Lipinski definition) is 5. The molecule has 0 spiro atoms. The summed E-state index contributed by atoms with van der Waals surface area (Å²) in [5, 5.41) is 2.97. The Kier molecular flexibility index (Phi) is 6.61. The van der Waals surface area contributed by atoms with Gasteiger partial charge in [0, 0.05) is 58.8 Å². The molecule has 2 aromatic carbocycles. The second-order valence-electron chi connectivity index (χ2n) is 7.69. The Morgan fingerprint density at radius 2 is 1.60 bits per heavy atom. The first-order chi connectivity index (χ1) is 14.7. The van der Waals surface area contributed by atoms with Gasteiger partial charge in [0.05, 0.1) is 5.52 Å². The van der Waals surface area contributed by atoms with Crippen LogP contribution < -0.4 is 11.1 Å². The number of para-hydroxylation sites is 2. The van der Waals surface area contributed by atoms with Crippen LogP contribution in [0.1, 0.15) is 12.0 Å². The topological polar surface area (TPSA) is 70.7 Å². The summed E-state index contributed by atoms with van der Waals surface area (Å²) >= 11 is 0. The molecule has 7 nitrogen and oxygen atoms in total. The van der Waals surface area contributed by atoms with Crippen molar-refractivity contribution in [3.63, 3.8) is 0 Å². The number of oxazole rings is 1. The first-order valence-corrected chi connectivity index (χ1v) is 10.5. The van der Waals surface area contributed by atoms with E-state index in [1.54, 1.807) is 6.07 Å². The quantitative estimate of drug-likeness (QED) is 0.617. The van der Waals surface area contributed by atoms with E-state index in [-0.39, 0.29) is 12.3 Å². The van der Waals surface area contributed by atoms with E-state index in [0.29, 0.717) is 18.7 Å². The first kappa shape index (κ1) is 20.4. The lowest BCUT2D eigenvalue weighted by Crippen LogP contribution is -2.48. The lowest BCUT2D eigenvalue weighted by molar-refractivity contribution is -0.121. The van der Waals surface area contributed by atoms with Gasteiger partial charge in [-0.15, -0.1) is 0 Å². The number of fused-ring (bicyclic) bond motifs is 1. The van der Waals surface area contributed by atoms with Crippen LogP contribution in [0.5, 0.6) is 0 Å². The van der Waals surface area contributed by atoms with Gasteiger partial charge in [0.1, 0.15) is 0 Å². The molecule has 0 saturated carbocycles. The number of amides is 1. The number of nitrogens with zero attached hydrogens (tertiary/aromatic N) is 3. The molecule has 0 unspecified atom stereocenters. The van der Waals surface area contributed by atoms with Crippen LogP contribution in [0.25, 0.3) is 11.1 Å². The lowest BCUT2D eigenvalue weighted by atomic mass is 10.2. The largest absolute Gasteiger partial charge is 0.419 e. The normalized spacial score (nSPS) is 15.5. The molecule has 7 heteroatoms. The van der Waals surface area contributed by atoms with E-state index in [1.165, 1.54) is 10.1 Å². The minimum atomic E-state index is -0.419. The van der Waals surface area contributed by atoms with Gasteiger partial charge >= 0.3 is 5.76 Å². The lowest BCUT2D eigenvalue weighted by Gasteiger charge is -2.34. The molecule has 4 rings (SSSR count). The fraction of sp³-hybridized carbons (Fsp3) is 0.391. The molecule has 0 atom stereocenters. The third kappa shape index (κ3) is 5.17. The number of carbonyl (C=O) groups excluding carboxylic acids is 1. The Morgan fingerprint density at radius 1 is 0.900 bits per heavy atom. The zero-order chi connectivity index (χ0) is 20.8. The highest BCUT2D eigenvalue weighted by molar-refractivity contribution is 5.76. The second kappa shape index (κ2) is 9.73. The Bertz CT molecular complexity index is 1020. The van der Waals surface area contributed by atoms with Gasteiger partial charge in [-0.05, 0) is 17.7 Å². The number of nitrogens with one attached hydrogen (secondary N) is 1. The molecule has 1 N–H and O–H groups in total. The van der Waals surface area contributed by atoms with E-state index in [9.17, 15) is 9.59 Å². The van der Waals surface area contributed by atoms with Gasteiger partial charge in [-0.3, -0.25) is 19.2 Å². The summed E-state index contributed by atoms with van der Waals surface area (Å²) in [5.74, 6) is -0.465. The van der Waals surface area contributed by atoms with Crippen molar-refractivity contribution in [2.24, 2.45) is 0 Å². The van der Waals surface area contributed by atoms with Crippen LogP contribution in [0, 0.1) is 0 Å². The molecule has 0 radical (unpaired) electrons. The molecule has 158 valence electrons. The van der Waals surface area contributed by atoms with Crippen LogP contribution in [0.15, 0.2) is 63.8 Å². The third-order valence-electron chi connectivity index (χ3n) is 5.60. The number of carbonyl (C=O) groups is 1. The number of aryl methyl sites for hydroxylation is 1. The number of rotatable bonds is 8. The molecule has 1 amide bonds. The predicted molar refractivity (Wildman–Crippen MR) is 116 cm³/mol. The average molecular weight is 409 g/mol. The molecular formula is C23H28N4O3. The van der Waals surface area contributed by atoms with E-state index < -0.39 is 5.76 Å². The predicted octanol–water partition coefficient (Wildman–Crippen LogP) is 1.92. The maximum Gasteiger partial charge on any atom is 0.419 e. The fourth-order valence-corrected chi connectivity index (χ4v) is 3.89. The maximum absolute atomic E-state index is 12.2. The summed E-state index contributed by atoms with van der Waals surface area (Å²) < 4.78 is 6.72. The Balaban J connectivity index is 1.15. The highest BCUT2D eigenvalue weighted by atomic mass is 16.4. The van der Waals surface area contributed by atoms with Crippen molar-refractivity contribution < 1.29 is 9.21 Å². The third-order valence-corrected chi connectivity index (χ3v) is 5.60. The van der Waals surface area contributed by atoms with Gasteiger partial charge in [0.25, 0.3) is 0 Å². The minimum absolute atomic E-state index is 0.0464. The molecule has 1 aliphatic heterocycles. The molecule has 0 bridgehead atoms. The summed E-state index contributed by atoms with van der Waals surface area (Å²) in [7, 11) is 0. The van der Waals surface area contributed by atoms with E-state index in [0.717, 1.165) is 44.8 Å². The molecule has 30 heavy (non-hydrogen) atoms. The number of hydrogen-bond donors (Lipinski definition) is 1.